The van der Waals surface area contributed by atoms with Gasteiger partial charge in [0.15, 0.2) is 11.7 Å². The molecule has 0 atom stereocenters. The average Bonchev–Trinajstić information content (AvgIpc) is 2.39. The summed E-state index contributed by atoms with van der Waals surface area (Å²) in [4.78, 5) is 3.83. The Balaban J connectivity index is 2.91. The van der Waals surface area contributed by atoms with Gasteiger partial charge in [0.2, 0.25) is 5.84 Å². The molecule has 1 rings (SSSR count). The Bertz CT molecular complexity index is 266. The second kappa shape index (κ2) is 3.02. The minimum absolute atomic E-state index is 0.269. The maximum absolute atomic E-state index is 5.08. The number of oxazole rings is 1. The molecule has 0 spiro atoms. The van der Waals surface area contributed by atoms with E-state index in [2.05, 4.69) is 15.5 Å². The van der Waals surface area contributed by atoms with Crippen LogP contribution in [0.4, 0.5) is 0 Å². The molecule has 0 radical (unpaired) electrons. The summed E-state index contributed by atoms with van der Waals surface area (Å²) in [5.74, 6) is 11.3. The number of nitrogens with zero attached hydrogens (tertiary/aromatic N) is 2. The fourth-order valence-electron chi connectivity index (χ4n) is 0.643. The van der Waals surface area contributed by atoms with Crippen molar-refractivity contribution in [3.05, 3.63) is 17.8 Å². The molecule has 0 amide bonds. The molecule has 11 heavy (non-hydrogen) atoms. The topological polar surface area (TPSA) is 102 Å². The van der Waals surface area contributed by atoms with Gasteiger partial charge in [0.1, 0.15) is 0 Å². The molecule has 1 aromatic heterocycles. The van der Waals surface area contributed by atoms with Crippen molar-refractivity contribution in [1.29, 1.82) is 0 Å². The molecule has 0 unspecified atom stereocenters. The molecule has 1 heterocycles. The van der Waals surface area contributed by atoms with E-state index >= 15 is 0 Å². The summed E-state index contributed by atoms with van der Waals surface area (Å²) >= 11 is 0. The molecule has 0 aliphatic heterocycles. The standard InChI is InChI=1S/C5H9N5O/c1-3-8-2-4(11-3)5(9-6)10-7/h2H,6-7H2,1H3,(H,9,10). The average molecular weight is 155 g/mol. The number of nitrogens with two attached hydrogens (primary N) is 2. The third-order valence-electron chi connectivity index (χ3n) is 1.12. The Kier molecular flexibility index (Phi) is 2.07. The lowest BCUT2D eigenvalue weighted by atomic mass is 10.5. The lowest BCUT2D eigenvalue weighted by molar-refractivity contribution is 0.510. The van der Waals surface area contributed by atoms with Gasteiger partial charge in [-0.2, -0.15) is 5.10 Å². The Morgan fingerprint density at radius 2 is 2.55 bits per heavy atom. The second-order valence-electron chi connectivity index (χ2n) is 1.87. The summed E-state index contributed by atoms with van der Waals surface area (Å²) in [6.45, 7) is 1.72. The van der Waals surface area contributed by atoms with Crippen molar-refractivity contribution < 1.29 is 4.42 Å². The molecular weight excluding hydrogens is 146 g/mol. The zero-order chi connectivity index (χ0) is 8.27. The van der Waals surface area contributed by atoms with Crippen molar-refractivity contribution in [2.24, 2.45) is 16.8 Å². The monoisotopic (exact) mass is 155 g/mol. The van der Waals surface area contributed by atoms with Crippen molar-refractivity contribution in [3.63, 3.8) is 0 Å². The summed E-state index contributed by atoms with van der Waals surface area (Å²) in [5.41, 5.74) is 2.27. The number of hydrazine groups is 1. The Morgan fingerprint density at radius 1 is 1.82 bits per heavy atom. The smallest absolute Gasteiger partial charge is 0.204 e. The van der Waals surface area contributed by atoms with Crippen LogP contribution in [0, 0.1) is 6.92 Å². The summed E-state index contributed by atoms with van der Waals surface area (Å²) in [7, 11) is 0. The molecule has 1 aromatic rings. The van der Waals surface area contributed by atoms with Gasteiger partial charge in [0.25, 0.3) is 0 Å². The summed E-state index contributed by atoms with van der Waals surface area (Å²) in [6.07, 6.45) is 1.49. The molecule has 0 aromatic carbocycles. The predicted octanol–water partition coefficient (Wildman–Crippen LogP) is -0.933. The minimum Gasteiger partial charge on any atom is -0.438 e. The first-order valence-electron chi connectivity index (χ1n) is 2.95. The van der Waals surface area contributed by atoms with Gasteiger partial charge in [0.05, 0.1) is 6.20 Å². The van der Waals surface area contributed by atoms with Gasteiger partial charge in [0, 0.05) is 6.92 Å². The van der Waals surface area contributed by atoms with Crippen LogP contribution >= 0.6 is 0 Å². The van der Waals surface area contributed by atoms with E-state index in [4.69, 9.17) is 16.1 Å². The van der Waals surface area contributed by atoms with Gasteiger partial charge in [-0.3, -0.25) is 0 Å². The third-order valence-corrected chi connectivity index (χ3v) is 1.12. The van der Waals surface area contributed by atoms with E-state index in [-0.39, 0.29) is 5.84 Å². The van der Waals surface area contributed by atoms with E-state index in [1.54, 1.807) is 6.92 Å². The van der Waals surface area contributed by atoms with Crippen LogP contribution in [-0.2, 0) is 0 Å². The van der Waals surface area contributed by atoms with Crippen molar-refractivity contribution in [2.75, 3.05) is 0 Å². The van der Waals surface area contributed by atoms with Crippen molar-refractivity contribution in [3.8, 4) is 0 Å². The van der Waals surface area contributed by atoms with Crippen LogP contribution in [0.1, 0.15) is 11.7 Å². The number of rotatable bonds is 1. The quantitative estimate of drug-likeness (QED) is 0.210. The van der Waals surface area contributed by atoms with E-state index in [1.165, 1.54) is 6.20 Å². The largest absolute Gasteiger partial charge is 0.438 e. The predicted molar refractivity (Wildman–Crippen MR) is 39.3 cm³/mol. The number of hydrazone groups is 1. The highest BCUT2D eigenvalue weighted by molar-refractivity contribution is 5.95. The molecule has 60 valence electrons. The van der Waals surface area contributed by atoms with E-state index in [1.807, 2.05) is 0 Å². The Labute approximate surface area is 63.2 Å². The zero-order valence-electron chi connectivity index (χ0n) is 6.03. The van der Waals surface area contributed by atoms with Gasteiger partial charge in [-0.25, -0.2) is 10.8 Å². The minimum atomic E-state index is 0.269. The maximum Gasteiger partial charge on any atom is 0.204 e. The summed E-state index contributed by atoms with van der Waals surface area (Å²) in [5, 5.41) is 3.34. The zero-order valence-corrected chi connectivity index (χ0v) is 6.03. The van der Waals surface area contributed by atoms with Crippen LogP contribution in [0.15, 0.2) is 15.7 Å². The first kappa shape index (κ1) is 7.55. The normalized spacial score (nSPS) is 11.6. The number of hydrogen-bond acceptors (Lipinski definition) is 5. The van der Waals surface area contributed by atoms with E-state index < -0.39 is 0 Å². The molecule has 6 nitrogen and oxygen atoms in total. The molecule has 6 heteroatoms. The number of nitrogens with one attached hydrogen (secondary N) is 1. The molecular formula is C5H9N5O. The lowest BCUT2D eigenvalue weighted by Crippen LogP contribution is -2.31. The number of aromatic nitrogens is 1. The third kappa shape index (κ3) is 1.47. The van der Waals surface area contributed by atoms with Gasteiger partial charge in [-0.15, -0.1) is 0 Å². The van der Waals surface area contributed by atoms with Crippen LogP contribution < -0.4 is 17.1 Å². The van der Waals surface area contributed by atoms with Crippen molar-refractivity contribution >= 4 is 5.84 Å². The SMILES string of the molecule is Cc1ncc(/C(=N/N)NN)o1. The van der Waals surface area contributed by atoms with Crippen molar-refractivity contribution in [1.82, 2.24) is 10.4 Å². The first-order valence-corrected chi connectivity index (χ1v) is 2.95. The second-order valence-corrected chi connectivity index (χ2v) is 1.87. The number of hydrogen-bond donors (Lipinski definition) is 3. The molecule has 0 bridgehead atoms. The molecule has 0 fully saturated rings. The Morgan fingerprint density at radius 3 is 2.91 bits per heavy atom. The fraction of sp³-hybridized carbons (Fsp3) is 0.200. The van der Waals surface area contributed by atoms with E-state index in [0.29, 0.717) is 11.7 Å². The van der Waals surface area contributed by atoms with Crippen LogP contribution in [0.25, 0.3) is 0 Å². The molecule has 0 aliphatic carbocycles. The van der Waals surface area contributed by atoms with E-state index in [0.717, 1.165) is 0 Å². The molecule has 5 N–H and O–H groups in total. The summed E-state index contributed by atoms with van der Waals surface area (Å²) < 4.78 is 5.06. The highest BCUT2D eigenvalue weighted by Crippen LogP contribution is 2.00. The van der Waals surface area contributed by atoms with Crippen molar-refractivity contribution in [2.45, 2.75) is 6.92 Å². The van der Waals surface area contributed by atoms with Crippen LogP contribution in [0.3, 0.4) is 0 Å². The lowest BCUT2D eigenvalue weighted by Gasteiger charge is -1.96. The fourth-order valence-corrected chi connectivity index (χ4v) is 0.643. The van der Waals surface area contributed by atoms with Crippen LogP contribution in [-0.4, -0.2) is 10.8 Å². The van der Waals surface area contributed by atoms with Gasteiger partial charge in [-0.05, 0) is 0 Å². The maximum atomic E-state index is 5.08. The number of amidine groups is 1. The van der Waals surface area contributed by atoms with Gasteiger partial charge in [-0.1, -0.05) is 0 Å². The molecule has 0 saturated heterocycles. The van der Waals surface area contributed by atoms with Gasteiger partial charge >= 0.3 is 0 Å². The highest BCUT2D eigenvalue weighted by atomic mass is 16.4. The van der Waals surface area contributed by atoms with Crippen LogP contribution in [0.5, 0.6) is 0 Å². The first-order chi connectivity index (χ1) is 5.27. The van der Waals surface area contributed by atoms with Crippen LogP contribution in [0.2, 0.25) is 0 Å². The van der Waals surface area contributed by atoms with E-state index in [9.17, 15) is 0 Å². The Hall–Kier alpha value is -1.56. The number of aryl methyl sites for hydroxylation is 1. The van der Waals surface area contributed by atoms with Gasteiger partial charge < -0.3 is 15.7 Å². The molecule has 0 saturated carbocycles. The highest BCUT2D eigenvalue weighted by Gasteiger charge is 2.05. The molecule has 0 aliphatic rings. The summed E-state index contributed by atoms with van der Waals surface area (Å²) in [6, 6.07) is 0.